The summed E-state index contributed by atoms with van der Waals surface area (Å²) in [6.07, 6.45) is 0. The number of aromatic nitrogens is 3. The zero-order chi connectivity index (χ0) is 13.0. The van der Waals surface area contributed by atoms with Crippen LogP contribution >= 0.6 is 38.9 Å². The van der Waals surface area contributed by atoms with Crippen molar-refractivity contribution in [3.8, 4) is 0 Å². The fraction of sp³-hybridized carbons (Fsp3) is 0.300. The summed E-state index contributed by atoms with van der Waals surface area (Å²) in [5, 5.41) is 8.32. The van der Waals surface area contributed by atoms with E-state index in [0.29, 0.717) is 18.4 Å². The van der Waals surface area contributed by atoms with E-state index in [-0.39, 0.29) is 5.28 Å². The monoisotopic (exact) mass is 347 g/mol. The molecular weight excluding hydrogens is 338 g/mol. The molecule has 0 saturated carbocycles. The Hall–Kier alpha value is -0.920. The van der Waals surface area contributed by atoms with Crippen molar-refractivity contribution >= 4 is 50.8 Å². The predicted octanol–water partition coefficient (Wildman–Crippen LogP) is 3.39. The first kappa shape index (κ1) is 13.5. The fourth-order valence-corrected chi connectivity index (χ4v) is 2.83. The molecule has 2 aromatic heterocycles. The molecule has 2 N–H and O–H groups in total. The molecule has 0 spiro atoms. The lowest BCUT2D eigenvalue weighted by Gasteiger charge is -2.06. The third kappa shape index (κ3) is 3.79. The summed E-state index contributed by atoms with van der Waals surface area (Å²) in [5.74, 6) is 0.947. The molecule has 0 aliphatic rings. The normalized spacial score (nSPS) is 10.4. The first-order valence-corrected chi connectivity index (χ1v) is 7.34. The molecular formula is C10H11BrClN5S. The molecule has 0 unspecified atom stereocenters. The van der Waals surface area contributed by atoms with Gasteiger partial charge in [0.1, 0.15) is 0 Å². The number of thiophene rings is 1. The quantitative estimate of drug-likeness (QED) is 0.867. The van der Waals surface area contributed by atoms with Crippen molar-refractivity contribution in [2.75, 3.05) is 17.2 Å². The van der Waals surface area contributed by atoms with Gasteiger partial charge in [0.25, 0.3) is 0 Å². The molecule has 2 aromatic rings. The highest BCUT2D eigenvalue weighted by atomic mass is 79.9. The Morgan fingerprint density at radius 2 is 2.00 bits per heavy atom. The molecule has 8 heteroatoms. The highest BCUT2D eigenvalue weighted by Gasteiger charge is 2.04. The minimum absolute atomic E-state index is 0.177. The average molecular weight is 349 g/mol. The zero-order valence-corrected chi connectivity index (χ0v) is 12.7. The van der Waals surface area contributed by atoms with Crippen LogP contribution in [0.25, 0.3) is 0 Å². The summed E-state index contributed by atoms with van der Waals surface area (Å²) < 4.78 is 1.08. The maximum atomic E-state index is 5.82. The Balaban J connectivity index is 2.04. The molecule has 0 atom stereocenters. The summed E-state index contributed by atoms with van der Waals surface area (Å²) in [6.45, 7) is 3.35. The molecule has 0 bridgehead atoms. The second-order valence-corrected chi connectivity index (χ2v) is 5.62. The summed E-state index contributed by atoms with van der Waals surface area (Å²) in [6, 6.07) is 2.05. The topological polar surface area (TPSA) is 62.7 Å². The number of rotatable bonds is 5. The molecule has 0 radical (unpaired) electrons. The van der Waals surface area contributed by atoms with Gasteiger partial charge in [-0.3, -0.25) is 0 Å². The highest BCUT2D eigenvalue weighted by molar-refractivity contribution is 9.10. The van der Waals surface area contributed by atoms with Crippen molar-refractivity contribution in [3.63, 3.8) is 0 Å². The lowest BCUT2D eigenvalue weighted by molar-refractivity contribution is 0.993. The smallest absolute Gasteiger partial charge is 0.229 e. The second-order valence-electron chi connectivity index (χ2n) is 3.37. The third-order valence-corrected chi connectivity index (χ3v) is 3.85. The second kappa shape index (κ2) is 6.31. The number of hydrogen-bond donors (Lipinski definition) is 2. The molecule has 96 valence electrons. The Morgan fingerprint density at radius 3 is 2.61 bits per heavy atom. The molecule has 0 aliphatic carbocycles. The van der Waals surface area contributed by atoms with E-state index in [0.717, 1.165) is 11.0 Å². The number of nitrogens with one attached hydrogen (secondary N) is 2. The van der Waals surface area contributed by atoms with Gasteiger partial charge in [-0.05, 0) is 40.5 Å². The van der Waals surface area contributed by atoms with Crippen molar-refractivity contribution in [2.45, 2.75) is 13.5 Å². The van der Waals surface area contributed by atoms with Crippen LogP contribution in [-0.2, 0) is 6.54 Å². The van der Waals surface area contributed by atoms with Crippen LogP contribution in [0.1, 0.15) is 11.8 Å². The molecule has 18 heavy (non-hydrogen) atoms. The van der Waals surface area contributed by atoms with Crippen molar-refractivity contribution < 1.29 is 0 Å². The highest BCUT2D eigenvalue weighted by Crippen LogP contribution is 2.20. The minimum atomic E-state index is 0.177. The van der Waals surface area contributed by atoms with Gasteiger partial charge in [0.2, 0.25) is 17.2 Å². The van der Waals surface area contributed by atoms with Gasteiger partial charge < -0.3 is 10.6 Å². The van der Waals surface area contributed by atoms with Crippen molar-refractivity contribution in [1.82, 2.24) is 15.0 Å². The summed E-state index contributed by atoms with van der Waals surface area (Å²) in [4.78, 5) is 13.4. The molecule has 0 aliphatic heterocycles. The molecule has 5 nitrogen and oxygen atoms in total. The number of halogens is 2. The molecule has 2 rings (SSSR count). The lowest BCUT2D eigenvalue weighted by atomic mass is 10.5. The van der Waals surface area contributed by atoms with E-state index in [9.17, 15) is 0 Å². The van der Waals surface area contributed by atoms with Crippen LogP contribution < -0.4 is 10.6 Å². The van der Waals surface area contributed by atoms with Crippen LogP contribution in [0.4, 0.5) is 11.9 Å². The van der Waals surface area contributed by atoms with Crippen LogP contribution in [0, 0.1) is 0 Å². The summed E-state index contributed by atoms with van der Waals surface area (Å²) in [5.41, 5.74) is 0. The van der Waals surface area contributed by atoms with E-state index in [1.165, 1.54) is 4.88 Å². The fourth-order valence-electron chi connectivity index (χ4n) is 1.28. The first-order chi connectivity index (χ1) is 8.67. The SMILES string of the molecule is CCNc1nc(Cl)nc(NCc2cc(Br)cs2)n1. The Morgan fingerprint density at radius 1 is 1.28 bits per heavy atom. The van der Waals surface area contributed by atoms with E-state index >= 15 is 0 Å². The Bertz CT molecular complexity index is 533. The van der Waals surface area contributed by atoms with Crippen molar-refractivity contribution in [1.29, 1.82) is 0 Å². The largest absolute Gasteiger partial charge is 0.354 e. The maximum Gasteiger partial charge on any atom is 0.229 e. The van der Waals surface area contributed by atoms with Gasteiger partial charge in [-0.15, -0.1) is 11.3 Å². The van der Waals surface area contributed by atoms with E-state index in [1.807, 2.05) is 18.4 Å². The Kier molecular flexibility index (Phi) is 4.73. The molecule has 0 saturated heterocycles. The van der Waals surface area contributed by atoms with E-state index in [4.69, 9.17) is 11.6 Å². The summed E-state index contributed by atoms with van der Waals surface area (Å²) >= 11 is 10.9. The molecule has 2 heterocycles. The van der Waals surface area contributed by atoms with Crippen LogP contribution in [0.15, 0.2) is 15.9 Å². The number of nitrogens with zero attached hydrogens (tertiary/aromatic N) is 3. The van der Waals surface area contributed by atoms with Gasteiger partial charge in [0, 0.05) is 21.3 Å². The lowest BCUT2D eigenvalue weighted by Crippen LogP contribution is -2.08. The van der Waals surface area contributed by atoms with Crippen LogP contribution in [0.3, 0.4) is 0 Å². The molecule has 0 amide bonds. The van der Waals surface area contributed by atoms with E-state index in [1.54, 1.807) is 11.3 Å². The van der Waals surface area contributed by atoms with Gasteiger partial charge in [0.15, 0.2) is 0 Å². The van der Waals surface area contributed by atoms with Crippen LogP contribution in [-0.4, -0.2) is 21.5 Å². The number of anilines is 2. The van der Waals surface area contributed by atoms with Gasteiger partial charge in [-0.25, -0.2) is 0 Å². The van der Waals surface area contributed by atoms with E-state index < -0.39 is 0 Å². The van der Waals surface area contributed by atoms with Crippen LogP contribution in [0.5, 0.6) is 0 Å². The Labute approximate surface area is 122 Å². The van der Waals surface area contributed by atoms with Crippen LogP contribution in [0.2, 0.25) is 5.28 Å². The molecule has 0 fully saturated rings. The first-order valence-electron chi connectivity index (χ1n) is 5.29. The zero-order valence-electron chi connectivity index (χ0n) is 9.57. The van der Waals surface area contributed by atoms with Crippen molar-refractivity contribution in [2.24, 2.45) is 0 Å². The van der Waals surface area contributed by atoms with Gasteiger partial charge in [-0.2, -0.15) is 15.0 Å². The van der Waals surface area contributed by atoms with Gasteiger partial charge in [-0.1, -0.05) is 0 Å². The molecule has 0 aromatic carbocycles. The van der Waals surface area contributed by atoms with Crippen molar-refractivity contribution in [3.05, 3.63) is 26.1 Å². The third-order valence-electron chi connectivity index (χ3n) is 1.99. The maximum absolute atomic E-state index is 5.82. The standard InChI is InChI=1S/C10H11BrClN5S/c1-2-13-9-15-8(12)16-10(17-9)14-4-7-3-6(11)5-18-7/h3,5H,2,4H2,1H3,(H2,13,14,15,16,17). The summed E-state index contributed by atoms with van der Waals surface area (Å²) in [7, 11) is 0. The minimum Gasteiger partial charge on any atom is -0.354 e. The average Bonchev–Trinajstić information content (AvgIpc) is 2.72. The van der Waals surface area contributed by atoms with E-state index in [2.05, 4.69) is 41.5 Å². The van der Waals surface area contributed by atoms with Gasteiger partial charge >= 0.3 is 0 Å². The van der Waals surface area contributed by atoms with Gasteiger partial charge in [0.05, 0.1) is 6.54 Å². The predicted molar refractivity (Wildman–Crippen MR) is 78.3 cm³/mol. The number of hydrogen-bond acceptors (Lipinski definition) is 6.